The van der Waals surface area contributed by atoms with Crippen LogP contribution in [0.1, 0.15) is 16.4 Å². The van der Waals surface area contributed by atoms with Crippen molar-refractivity contribution in [2.45, 2.75) is 6.42 Å². The quantitative estimate of drug-likeness (QED) is 0.634. The summed E-state index contributed by atoms with van der Waals surface area (Å²) in [5.41, 5.74) is 5.52. The van der Waals surface area contributed by atoms with Crippen molar-refractivity contribution in [2.24, 2.45) is 5.73 Å². The summed E-state index contributed by atoms with van der Waals surface area (Å²) in [5, 5.41) is 2.48. The largest absolute Gasteiger partial charge is 0.448 e. The molecular formula is C9H11N3O2. The van der Waals surface area contributed by atoms with E-state index in [9.17, 15) is 4.79 Å². The Kier molecular flexibility index (Phi) is 3.70. The highest BCUT2D eigenvalue weighted by atomic mass is 16.3. The molecule has 0 bridgehead atoms. The minimum absolute atomic E-state index is 0.178. The Morgan fingerprint density at radius 3 is 3.21 bits per heavy atom. The molecule has 1 rings (SSSR count). The number of amides is 1. The van der Waals surface area contributed by atoms with Gasteiger partial charge in [-0.2, -0.15) is 0 Å². The van der Waals surface area contributed by atoms with Crippen LogP contribution >= 0.6 is 0 Å². The van der Waals surface area contributed by atoms with Crippen molar-refractivity contribution in [3.8, 4) is 12.3 Å². The molecule has 14 heavy (non-hydrogen) atoms. The molecule has 0 aliphatic rings. The highest BCUT2D eigenvalue weighted by Crippen LogP contribution is 2.01. The van der Waals surface area contributed by atoms with Gasteiger partial charge in [-0.3, -0.25) is 4.79 Å². The van der Waals surface area contributed by atoms with E-state index in [4.69, 9.17) is 16.6 Å². The van der Waals surface area contributed by atoms with E-state index in [1.165, 1.54) is 6.26 Å². The molecule has 0 aliphatic heterocycles. The van der Waals surface area contributed by atoms with Gasteiger partial charge in [-0.15, -0.1) is 6.42 Å². The van der Waals surface area contributed by atoms with Crippen molar-refractivity contribution in [1.82, 2.24) is 10.3 Å². The van der Waals surface area contributed by atoms with Gasteiger partial charge in [0.15, 0.2) is 11.6 Å². The number of rotatable bonds is 4. The van der Waals surface area contributed by atoms with E-state index < -0.39 is 0 Å². The van der Waals surface area contributed by atoms with Crippen LogP contribution in [0.15, 0.2) is 10.7 Å². The highest BCUT2D eigenvalue weighted by molar-refractivity contribution is 5.92. The molecule has 0 fully saturated rings. The molecular weight excluding hydrogens is 182 g/mol. The molecule has 0 aliphatic carbocycles. The molecule has 1 aromatic heterocycles. The van der Waals surface area contributed by atoms with Gasteiger partial charge in [0.05, 0.1) is 6.54 Å². The topological polar surface area (TPSA) is 81.2 Å². The molecule has 5 nitrogen and oxygen atoms in total. The number of hydrogen-bond acceptors (Lipinski definition) is 4. The second kappa shape index (κ2) is 5.04. The summed E-state index contributed by atoms with van der Waals surface area (Å²) < 4.78 is 5.00. The number of nitrogens with one attached hydrogen (secondary N) is 1. The first-order chi connectivity index (χ1) is 6.77. The third-order valence-electron chi connectivity index (χ3n) is 1.49. The predicted molar refractivity (Wildman–Crippen MR) is 50.4 cm³/mol. The SMILES string of the molecule is C#CCNC(=O)c1coc(CCN)n1. The number of oxazole rings is 1. The van der Waals surface area contributed by atoms with Crippen LogP contribution in [0, 0.1) is 12.3 Å². The zero-order chi connectivity index (χ0) is 10.4. The van der Waals surface area contributed by atoms with E-state index in [0.29, 0.717) is 18.9 Å². The van der Waals surface area contributed by atoms with Crippen molar-refractivity contribution in [1.29, 1.82) is 0 Å². The van der Waals surface area contributed by atoms with Crippen molar-refractivity contribution in [2.75, 3.05) is 13.1 Å². The summed E-state index contributed by atoms with van der Waals surface area (Å²) in [7, 11) is 0. The van der Waals surface area contributed by atoms with Crippen molar-refractivity contribution < 1.29 is 9.21 Å². The van der Waals surface area contributed by atoms with E-state index in [2.05, 4.69) is 16.2 Å². The van der Waals surface area contributed by atoms with Crippen molar-refractivity contribution >= 4 is 5.91 Å². The average molecular weight is 193 g/mol. The number of carbonyl (C=O) groups excluding carboxylic acids is 1. The molecule has 0 radical (unpaired) electrons. The van der Waals surface area contributed by atoms with Crippen LogP contribution in [0.3, 0.4) is 0 Å². The summed E-state index contributed by atoms with van der Waals surface area (Å²) in [6, 6.07) is 0. The number of nitrogens with zero attached hydrogens (tertiary/aromatic N) is 1. The molecule has 0 saturated heterocycles. The third kappa shape index (κ3) is 2.61. The van der Waals surface area contributed by atoms with Gasteiger partial charge in [0.1, 0.15) is 6.26 Å². The molecule has 0 unspecified atom stereocenters. The van der Waals surface area contributed by atoms with E-state index >= 15 is 0 Å². The van der Waals surface area contributed by atoms with Gasteiger partial charge in [-0.05, 0) is 0 Å². The standard InChI is InChI=1S/C9H11N3O2/c1-2-5-11-9(13)7-6-14-8(12-7)3-4-10/h1,6H,3-5,10H2,(H,11,13). The van der Waals surface area contributed by atoms with E-state index in [1.54, 1.807) is 0 Å². The number of nitrogens with two attached hydrogens (primary N) is 1. The summed E-state index contributed by atoms with van der Waals surface area (Å²) >= 11 is 0. The Hall–Kier alpha value is -1.80. The van der Waals surface area contributed by atoms with Gasteiger partial charge < -0.3 is 15.5 Å². The summed E-state index contributed by atoms with van der Waals surface area (Å²) in [6.07, 6.45) is 6.79. The molecule has 5 heteroatoms. The van der Waals surface area contributed by atoms with Crippen LogP contribution in [0.25, 0.3) is 0 Å². The van der Waals surface area contributed by atoms with Gasteiger partial charge in [0.2, 0.25) is 0 Å². The maximum absolute atomic E-state index is 11.3. The molecule has 1 aromatic rings. The fourth-order valence-electron chi connectivity index (χ4n) is 0.875. The molecule has 0 aromatic carbocycles. The molecule has 74 valence electrons. The lowest BCUT2D eigenvalue weighted by Crippen LogP contribution is -2.23. The minimum atomic E-state index is -0.338. The Morgan fingerprint density at radius 1 is 1.79 bits per heavy atom. The van der Waals surface area contributed by atoms with Crippen LogP contribution in [0.4, 0.5) is 0 Å². The van der Waals surface area contributed by atoms with Crippen molar-refractivity contribution in [3.63, 3.8) is 0 Å². The monoisotopic (exact) mass is 193 g/mol. The van der Waals surface area contributed by atoms with Crippen LogP contribution in [0.2, 0.25) is 0 Å². The fraction of sp³-hybridized carbons (Fsp3) is 0.333. The van der Waals surface area contributed by atoms with Crippen LogP contribution in [-0.4, -0.2) is 24.0 Å². The lowest BCUT2D eigenvalue weighted by Gasteiger charge is -1.94. The minimum Gasteiger partial charge on any atom is -0.448 e. The lowest BCUT2D eigenvalue weighted by atomic mass is 10.4. The highest BCUT2D eigenvalue weighted by Gasteiger charge is 2.10. The smallest absolute Gasteiger partial charge is 0.273 e. The maximum Gasteiger partial charge on any atom is 0.273 e. The van der Waals surface area contributed by atoms with Gasteiger partial charge in [0, 0.05) is 13.0 Å². The zero-order valence-electron chi connectivity index (χ0n) is 7.62. The fourth-order valence-corrected chi connectivity index (χ4v) is 0.875. The average Bonchev–Trinajstić information content (AvgIpc) is 2.63. The van der Waals surface area contributed by atoms with E-state index in [0.717, 1.165) is 0 Å². The zero-order valence-corrected chi connectivity index (χ0v) is 7.62. The number of carbonyl (C=O) groups is 1. The molecule has 0 saturated carbocycles. The van der Waals surface area contributed by atoms with Crippen molar-refractivity contribution in [3.05, 3.63) is 17.8 Å². The number of hydrogen-bond donors (Lipinski definition) is 2. The van der Waals surface area contributed by atoms with Gasteiger partial charge in [0.25, 0.3) is 5.91 Å². The summed E-state index contributed by atoms with van der Waals surface area (Å²) in [5.74, 6) is 2.41. The first-order valence-electron chi connectivity index (χ1n) is 4.14. The third-order valence-corrected chi connectivity index (χ3v) is 1.49. The first kappa shape index (κ1) is 10.3. The Labute approximate surface area is 81.7 Å². The van der Waals surface area contributed by atoms with Crippen LogP contribution in [-0.2, 0) is 6.42 Å². The molecule has 1 amide bonds. The van der Waals surface area contributed by atoms with E-state index in [1.807, 2.05) is 0 Å². The Bertz CT molecular complexity index is 351. The van der Waals surface area contributed by atoms with E-state index in [-0.39, 0.29) is 18.1 Å². The van der Waals surface area contributed by atoms with Crippen LogP contribution < -0.4 is 11.1 Å². The predicted octanol–water partition coefficient (Wildman–Crippen LogP) is -0.461. The number of aromatic nitrogens is 1. The second-order valence-corrected chi connectivity index (χ2v) is 2.55. The maximum atomic E-state index is 11.3. The lowest BCUT2D eigenvalue weighted by molar-refractivity contribution is 0.0953. The molecule has 3 N–H and O–H groups in total. The van der Waals surface area contributed by atoms with Crippen LogP contribution in [0.5, 0.6) is 0 Å². The molecule has 0 atom stereocenters. The molecule has 1 heterocycles. The first-order valence-corrected chi connectivity index (χ1v) is 4.14. The summed E-state index contributed by atoms with van der Waals surface area (Å²) in [4.78, 5) is 15.2. The van der Waals surface area contributed by atoms with Gasteiger partial charge >= 0.3 is 0 Å². The normalized spacial score (nSPS) is 9.43. The van der Waals surface area contributed by atoms with Gasteiger partial charge in [-0.25, -0.2) is 4.98 Å². The Morgan fingerprint density at radius 2 is 2.57 bits per heavy atom. The Balaban J connectivity index is 2.58. The van der Waals surface area contributed by atoms with Gasteiger partial charge in [-0.1, -0.05) is 5.92 Å². The molecule has 0 spiro atoms. The second-order valence-electron chi connectivity index (χ2n) is 2.55. The summed E-state index contributed by atoms with van der Waals surface area (Å²) in [6.45, 7) is 0.615. The number of terminal acetylenes is 1.